The van der Waals surface area contributed by atoms with E-state index in [2.05, 4.69) is 10.3 Å². The molecule has 1 fully saturated rings. The number of aromatic hydroxyl groups is 1. The van der Waals surface area contributed by atoms with Crippen LogP contribution in [0.2, 0.25) is 0 Å². The summed E-state index contributed by atoms with van der Waals surface area (Å²) in [5, 5.41) is 12.5. The number of carbonyl (C=O) groups is 1. The van der Waals surface area contributed by atoms with Crippen LogP contribution in [0, 0.1) is 5.92 Å². The number of hydrogen-bond acceptors (Lipinski definition) is 3. The Balaban J connectivity index is 1.99. The molecule has 92 valence electrons. The minimum atomic E-state index is -0.289. The zero-order valence-electron chi connectivity index (χ0n) is 10.0. The lowest BCUT2D eigenvalue weighted by molar-refractivity contribution is 0.0919. The maximum absolute atomic E-state index is 11.9. The first-order chi connectivity index (χ1) is 8.18. The van der Waals surface area contributed by atoms with Crippen molar-refractivity contribution >= 4 is 5.91 Å². The van der Waals surface area contributed by atoms with Gasteiger partial charge in [0.25, 0.3) is 5.91 Å². The topological polar surface area (TPSA) is 62.2 Å². The molecule has 0 aromatic carbocycles. The minimum Gasteiger partial charge on any atom is -0.505 e. The first kappa shape index (κ1) is 11.9. The fourth-order valence-corrected chi connectivity index (χ4v) is 2.42. The molecule has 4 heteroatoms. The fourth-order valence-electron chi connectivity index (χ4n) is 2.42. The van der Waals surface area contributed by atoms with Gasteiger partial charge in [-0.05, 0) is 37.8 Å². The molecular weight excluding hydrogens is 216 g/mol. The highest BCUT2D eigenvalue weighted by Gasteiger charge is 2.24. The molecule has 1 amide bonds. The van der Waals surface area contributed by atoms with Crippen LogP contribution in [-0.2, 0) is 0 Å². The Labute approximate surface area is 101 Å². The molecule has 1 atom stereocenters. The van der Waals surface area contributed by atoms with Crippen molar-refractivity contribution in [3.05, 3.63) is 24.0 Å². The smallest absolute Gasteiger partial charge is 0.273 e. The van der Waals surface area contributed by atoms with Gasteiger partial charge in [0.1, 0.15) is 5.75 Å². The number of rotatable bonds is 3. The van der Waals surface area contributed by atoms with Crippen molar-refractivity contribution in [1.29, 1.82) is 0 Å². The number of hydrogen-bond donors (Lipinski definition) is 2. The van der Waals surface area contributed by atoms with Crippen molar-refractivity contribution in [1.82, 2.24) is 10.3 Å². The summed E-state index contributed by atoms with van der Waals surface area (Å²) in [6, 6.07) is 3.22. The van der Waals surface area contributed by atoms with Gasteiger partial charge in [0.2, 0.25) is 0 Å². The van der Waals surface area contributed by atoms with Crippen molar-refractivity contribution in [3.8, 4) is 5.75 Å². The predicted molar refractivity (Wildman–Crippen MR) is 64.8 cm³/mol. The van der Waals surface area contributed by atoms with E-state index in [0.29, 0.717) is 5.92 Å². The maximum atomic E-state index is 11.9. The molecule has 0 bridgehead atoms. The van der Waals surface area contributed by atoms with Gasteiger partial charge in [-0.2, -0.15) is 0 Å². The van der Waals surface area contributed by atoms with E-state index in [1.54, 1.807) is 6.07 Å². The van der Waals surface area contributed by atoms with E-state index in [1.807, 2.05) is 6.92 Å². The molecular formula is C13H18N2O2. The minimum absolute atomic E-state index is 0.0661. The Morgan fingerprint density at radius 3 is 2.88 bits per heavy atom. The lowest BCUT2D eigenvalue weighted by Gasteiger charge is -2.20. The third-order valence-corrected chi connectivity index (χ3v) is 3.47. The van der Waals surface area contributed by atoms with Crippen molar-refractivity contribution < 1.29 is 9.90 Å². The van der Waals surface area contributed by atoms with E-state index in [1.165, 1.54) is 37.9 Å². The van der Waals surface area contributed by atoms with Gasteiger partial charge >= 0.3 is 0 Å². The zero-order chi connectivity index (χ0) is 12.3. The molecule has 4 nitrogen and oxygen atoms in total. The van der Waals surface area contributed by atoms with E-state index in [0.717, 1.165) is 0 Å². The largest absolute Gasteiger partial charge is 0.505 e. The number of pyridine rings is 1. The average molecular weight is 234 g/mol. The summed E-state index contributed by atoms with van der Waals surface area (Å²) in [5.74, 6) is 0.205. The highest BCUT2D eigenvalue weighted by Crippen LogP contribution is 2.27. The van der Waals surface area contributed by atoms with Gasteiger partial charge in [-0.25, -0.2) is 4.98 Å². The standard InChI is InChI=1S/C13H18N2O2/c1-9(10-5-2-3-6-10)15-13(17)12-11(16)7-4-8-14-12/h4,7-10,16H,2-3,5-6H2,1H3,(H,15,17). The first-order valence-corrected chi connectivity index (χ1v) is 6.13. The first-order valence-electron chi connectivity index (χ1n) is 6.13. The van der Waals surface area contributed by atoms with Gasteiger partial charge in [-0.3, -0.25) is 4.79 Å². The van der Waals surface area contributed by atoms with Gasteiger partial charge in [0.15, 0.2) is 5.69 Å². The maximum Gasteiger partial charge on any atom is 0.273 e. The fraction of sp³-hybridized carbons (Fsp3) is 0.538. The Kier molecular flexibility index (Phi) is 3.61. The number of nitrogens with one attached hydrogen (secondary N) is 1. The van der Waals surface area contributed by atoms with Crippen LogP contribution in [-0.4, -0.2) is 22.0 Å². The molecule has 17 heavy (non-hydrogen) atoms. The summed E-state index contributed by atoms with van der Waals surface area (Å²) in [6.07, 6.45) is 6.36. The zero-order valence-corrected chi connectivity index (χ0v) is 10.0. The number of amides is 1. The molecule has 0 saturated heterocycles. The third kappa shape index (κ3) is 2.75. The van der Waals surface area contributed by atoms with E-state index < -0.39 is 0 Å². The van der Waals surface area contributed by atoms with Crippen LogP contribution in [0.4, 0.5) is 0 Å². The normalized spacial score (nSPS) is 17.9. The molecule has 1 saturated carbocycles. The molecule has 2 rings (SSSR count). The van der Waals surface area contributed by atoms with Gasteiger partial charge < -0.3 is 10.4 Å². The molecule has 0 spiro atoms. The molecule has 0 radical (unpaired) electrons. The van der Waals surface area contributed by atoms with Crippen LogP contribution >= 0.6 is 0 Å². The Hall–Kier alpha value is -1.58. The molecule has 1 aromatic rings. The van der Waals surface area contributed by atoms with E-state index in [-0.39, 0.29) is 23.4 Å². The summed E-state index contributed by atoms with van der Waals surface area (Å²) >= 11 is 0. The molecule has 1 aliphatic rings. The van der Waals surface area contributed by atoms with E-state index in [4.69, 9.17) is 0 Å². The summed E-state index contributed by atoms with van der Waals surface area (Å²) in [5.41, 5.74) is 0.109. The summed E-state index contributed by atoms with van der Waals surface area (Å²) in [4.78, 5) is 15.8. The second-order valence-corrected chi connectivity index (χ2v) is 4.68. The van der Waals surface area contributed by atoms with Crippen LogP contribution in [0.1, 0.15) is 43.1 Å². The van der Waals surface area contributed by atoms with Crippen LogP contribution in [0.5, 0.6) is 5.75 Å². The number of carbonyl (C=O) groups excluding carboxylic acids is 1. The quantitative estimate of drug-likeness (QED) is 0.841. The Morgan fingerprint density at radius 2 is 2.24 bits per heavy atom. The van der Waals surface area contributed by atoms with Gasteiger partial charge in [-0.1, -0.05) is 12.8 Å². The Bertz CT molecular complexity index is 400. The van der Waals surface area contributed by atoms with Crippen molar-refractivity contribution in [2.75, 3.05) is 0 Å². The Morgan fingerprint density at radius 1 is 1.53 bits per heavy atom. The predicted octanol–water partition coefficient (Wildman–Crippen LogP) is 2.10. The van der Waals surface area contributed by atoms with E-state index >= 15 is 0 Å². The number of aromatic nitrogens is 1. The molecule has 0 aliphatic heterocycles. The van der Waals surface area contributed by atoms with E-state index in [9.17, 15) is 9.90 Å². The monoisotopic (exact) mass is 234 g/mol. The molecule has 1 aromatic heterocycles. The van der Waals surface area contributed by atoms with Crippen LogP contribution in [0.25, 0.3) is 0 Å². The average Bonchev–Trinajstić information content (AvgIpc) is 2.82. The second kappa shape index (κ2) is 5.17. The highest BCUT2D eigenvalue weighted by molar-refractivity contribution is 5.94. The third-order valence-electron chi connectivity index (χ3n) is 3.47. The van der Waals surface area contributed by atoms with Crippen LogP contribution < -0.4 is 5.32 Å². The molecule has 2 N–H and O–H groups in total. The summed E-state index contributed by atoms with van der Waals surface area (Å²) in [7, 11) is 0. The van der Waals surface area contributed by atoms with Crippen LogP contribution in [0.15, 0.2) is 18.3 Å². The summed E-state index contributed by atoms with van der Waals surface area (Å²) < 4.78 is 0. The van der Waals surface area contributed by atoms with Gasteiger partial charge in [0.05, 0.1) is 0 Å². The lowest BCUT2D eigenvalue weighted by atomic mass is 10.00. The molecule has 1 heterocycles. The van der Waals surface area contributed by atoms with Crippen molar-refractivity contribution in [2.24, 2.45) is 5.92 Å². The molecule has 1 aliphatic carbocycles. The van der Waals surface area contributed by atoms with Crippen molar-refractivity contribution in [2.45, 2.75) is 38.6 Å². The van der Waals surface area contributed by atoms with Crippen LogP contribution in [0.3, 0.4) is 0 Å². The summed E-state index contributed by atoms with van der Waals surface area (Å²) in [6.45, 7) is 2.02. The SMILES string of the molecule is CC(NC(=O)c1ncccc1O)C1CCCC1. The van der Waals surface area contributed by atoms with Gasteiger partial charge in [-0.15, -0.1) is 0 Å². The van der Waals surface area contributed by atoms with Crippen molar-refractivity contribution in [3.63, 3.8) is 0 Å². The van der Waals surface area contributed by atoms with Gasteiger partial charge in [0, 0.05) is 12.2 Å². The molecule has 1 unspecified atom stereocenters. The highest BCUT2D eigenvalue weighted by atomic mass is 16.3. The number of nitrogens with zero attached hydrogens (tertiary/aromatic N) is 1. The lowest BCUT2D eigenvalue weighted by Crippen LogP contribution is -2.37. The second-order valence-electron chi connectivity index (χ2n) is 4.68.